The lowest BCUT2D eigenvalue weighted by atomic mass is 9.82. The Morgan fingerprint density at radius 2 is 1.42 bits per heavy atom. The quantitative estimate of drug-likeness (QED) is 0.272. The van der Waals surface area contributed by atoms with Crippen LogP contribution in [0.1, 0.15) is 45.7 Å². The van der Waals surface area contributed by atoms with Gasteiger partial charge in [-0.25, -0.2) is 0 Å². The molecule has 0 saturated carbocycles. The van der Waals surface area contributed by atoms with Crippen molar-refractivity contribution in [1.29, 1.82) is 0 Å². The van der Waals surface area contributed by atoms with Crippen molar-refractivity contribution in [3.63, 3.8) is 0 Å². The normalized spacial score (nSPS) is 12.5. The average molecular weight is 423 g/mol. The number of hydrogen-bond acceptors (Lipinski definition) is 1. The molecule has 31 heavy (non-hydrogen) atoms. The zero-order chi connectivity index (χ0) is 21.8. The van der Waals surface area contributed by atoms with E-state index in [9.17, 15) is 0 Å². The lowest BCUT2D eigenvalue weighted by Crippen LogP contribution is -2.11. The molecule has 0 atom stereocenters. The zero-order valence-corrected chi connectivity index (χ0v) is 19.9. The second-order valence-electron chi connectivity index (χ2n) is 10.2. The number of rotatable bonds is 3. The van der Waals surface area contributed by atoms with Gasteiger partial charge in [0.2, 0.25) is 0 Å². The first-order valence-electron chi connectivity index (χ1n) is 11.3. The van der Waals surface area contributed by atoms with Crippen molar-refractivity contribution >= 4 is 42.3 Å². The molecule has 0 nitrogen and oxygen atoms in total. The van der Waals surface area contributed by atoms with Crippen LogP contribution in [-0.4, -0.2) is 0 Å². The molecule has 0 aliphatic rings. The van der Waals surface area contributed by atoms with Crippen LogP contribution >= 0.6 is 11.3 Å². The summed E-state index contributed by atoms with van der Waals surface area (Å²) in [6.45, 7) is 11.6. The minimum Gasteiger partial charge on any atom is -0.134 e. The van der Waals surface area contributed by atoms with Gasteiger partial charge in [0.1, 0.15) is 0 Å². The van der Waals surface area contributed by atoms with E-state index in [0.29, 0.717) is 5.92 Å². The van der Waals surface area contributed by atoms with Crippen molar-refractivity contribution in [3.05, 3.63) is 83.9 Å². The van der Waals surface area contributed by atoms with Crippen LogP contribution < -0.4 is 0 Å². The molecule has 0 radical (unpaired) electrons. The van der Waals surface area contributed by atoms with Crippen molar-refractivity contribution < 1.29 is 0 Å². The third-order valence-corrected chi connectivity index (χ3v) is 7.55. The lowest BCUT2D eigenvalue weighted by molar-refractivity contribution is 0.596. The van der Waals surface area contributed by atoms with Gasteiger partial charge in [0.25, 0.3) is 0 Å². The summed E-state index contributed by atoms with van der Waals surface area (Å²) in [5.41, 5.74) is 5.66. The summed E-state index contributed by atoms with van der Waals surface area (Å²) >= 11 is 1.97. The molecular formula is C30H30S. The molecule has 1 heteroatoms. The Labute approximate surface area is 189 Å². The lowest BCUT2D eigenvalue weighted by Gasteiger charge is -2.23. The fraction of sp³-hybridized carbons (Fsp3) is 0.267. The summed E-state index contributed by atoms with van der Waals surface area (Å²) in [6.07, 6.45) is 1.13. The number of benzene rings is 4. The SMILES string of the molecule is CC(C)Cc1cccc2c1sc1c(-c3cc(C(C)(C)C)c4ccccc4c3)cccc12. The highest BCUT2D eigenvalue weighted by atomic mass is 32.1. The fourth-order valence-corrected chi connectivity index (χ4v) is 6.15. The molecule has 0 aliphatic heterocycles. The molecule has 0 amide bonds. The van der Waals surface area contributed by atoms with Crippen LogP contribution in [0, 0.1) is 5.92 Å². The molecule has 1 aromatic heterocycles. The van der Waals surface area contributed by atoms with E-state index in [-0.39, 0.29) is 5.41 Å². The number of hydrogen-bond donors (Lipinski definition) is 0. The van der Waals surface area contributed by atoms with Crippen LogP contribution in [0.15, 0.2) is 72.8 Å². The van der Waals surface area contributed by atoms with Crippen molar-refractivity contribution in [2.45, 2.75) is 46.5 Å². The Hall–Kier alpha value is -2.64. The van der Waals surface area contributed by atoms with Gasteiger partial charge in [0.15, 0.2) is 0 Å². The van der Waals surface area contributed by atoms with E-state index in [4.69, 9.17) is 0 Å². The van der Waals surface area contributed by atoms with E-state index in [1.807, 2.05) is 11.3 Å². The van der Waals surface area contributed by atoms with Gasteiger partial charge in [-0.15, -0.1) is 11.3 Å². The van der Waals surface area contributed by atoms with Crippen molar-refractivity contribution in [2.75, 3.05) is 0 Å². The zero-order valence-electron chi connectivity index (χ0n) is 19.1. The third kappa shape index (κ3) is 3.55. The standard InChI is InChI=1S/C30H30S/c1-19(2)16-21-11-8-14-25-26-15-9-13-24(29(26)31-28(21)25)22-17-20-10-6-7-12-23(20)27(18-22)30(3,4)5/h6-15,17-19H,16H2,1-5H3. The fourth-order valence-electron chi connectivity index (χ4n) is 4.79. The van der Waals surface area contributed by atoms with Gasteiger partial charge in [-0.2, -0.15) is 0 Å². The maximum absolute atomic E-state index is 2.43. The molecule has 0 saturated heterocycles. The number of fused-ring (bicyclic) bond motifs is 4. The smallest absolute Gasteiger partial charge is 0.0433 e. The summed E-state index contributed by atoms with van der Waals surface area (Å²) in [4.78, 5) is 0. The molecule has 0 spiro atoms. The maximum atomic E-state index is 2.43. The van der Waals surface area contributed by atoms with Crippen molar-refractivity contribution in [1.82, 2.24) is 0 Å². The van der Waals surface area contributed by atoms with Gasteiger partial charge in [-0.3, -0.25) is 0 Å². The van der Waals surface area contributed by atoms with Gasteiger partial charge in [0.05, 0.1) is 0 Å². The van der Waals surface area contributed by atoms with E-state index in [0.717, 1.165) is 6.42 Å². The summed E-state index contributed by atoms with van der Waals surface area (Å²) in [5.74, 6) is 0.658. The maximum Gasteiger partial charge on any atom is 0.0433 e. The van der Waals surface area contributed by atoms with Gasteiger partial charge < -0.3 is 0 Å². The van der Waals surface area contributed by atoms with E-state index in [1.54, 1.807) is 0 Å². The molecule has 0 fully saturated rings. The summed E-state index contributed by atoms with van der Waals surface area (Å²) < 4.78 is 2.86. The van der Waals surface area contributed by atoms with Gasteiger partial charge in [-0.05, 0) is 62.9 Å². The summed E-state index contributed by atoms with van der Waals surface area (Å²) in [7, 11) is 0. The minimum atomic E-state index is 0.0914. The monoisotopic (exact) mass is 422 g/mol. The summed E-state index contributed by atoms with van der Waals surface area (Å²) in [6, 6.07) is 27.3. The van der Waals surface area contributed by atoms with Gasteiger partial charge in [0, 0.05) is 20.2 Å². The van der Waals surface area contributed by atoms with Gasteiger partial charge >= 0.3 is 0 Å². The van der Waals surface area contributed by atoms with E-state index < -0.39 is 0 Å². The first kappa shape index (κ1) is 20.3. The Morgan fingerprint density at radius 1 is 0.742 bits per heavy atom. The van der Waals surface area contributed by atoms with Crippen LogP contribution in [0.5, 0.6) is 0 Å². The molecule has 0 unspecified atom stereocenters. The molecule has 1 heterocycles. The molecule has 156 valence electrons. The number of thiophene rings is 1. The first-order valence-corrected chi connectivity index (χ1v) is 12.1. The van der Waals surface area contributed by atoms with Crippen molar-refractivity contribution in [2.24, 2.45) is 5.92 Å². The van der Waals surface area contributed by atoms with E-state index in [2.05, 4.69) is 107 Å². The molecule has 0 bridgehead atoms. The van der Waals surface area contributed by atoms with Crippen LogP contribution in [0.4, 0.5) is 0 Å². The van der Waals surface area contributed by atoms with E-state index >= 15 is 0 Å². The average Bonchev–Trinajstić information content (AvgIpc) is 3.12. The Bertz CT molecular complexity index is 1410. The summed E-state index contributed by atoms with van der Waals surface area (Å²) in [5, 5.41) is 5.47. The topological polar surface area (TPSA) is 0 Å². The Balaban J connectivity index is 1.81. The molecular weight excluding hydrogens is 392 g/mol. The predicted molar refractivity (Wildman–Crippen MR) is 140 cm³/mol. The van der Waals surface area contributed by atoms with Crippen LogP contribution in [0.3, 0.4) is 0 Å². The molecule has 0 aliphatic carbocycles. The minimum absolute atomic E-state index is 0.0914. The molecule has 0 N–H and O–H groups in total. The van der Waals surface area contributed by atoms with Gasteiger partial charge in [-0.1, -0.05) is 95.3 Å². The van der Waals surface area contributed by atoms with Crippen LogP contribution in [0.2, 0.25) is 0 Å². The highest BCUT2D eigenvalue weighted by Gasteiger charge is 2.20. The highest BCUT2D eigenvalue weighted by Crippen LogP contribution is 2.43. The van der Waals surface area contributed by atoms with E-state index in [1.165, 1.54) is 53.2 Å². The molecule has 5 rings (SSSR count). The van der Waals surface area contributed by atoms with Crippen LogP contribution in [0.25, 0.3) is 42.1 Å². The predicted octanol–water partition coefficient (Wildman–Crippen LogP) is 9.37. The Kier molecular flexibility index (Phi) is 4.90. The third-order valence-electron chi connectivity index (χ3n) is 6.21. The first-order chi connectivity index (χ1) is 14.8. The largest absolute Gasteiger partial charge is 0.134 e. The van der Waals surface area contributed by atoms with Crippen LogP contribution in [-0.2, 0) is 11.8 Å². The second kappa shape index (κ2) is 7.50. The second-order valence-corrected chi connectivity index (χ2v) is 11.2. The Morgan fingerprint density at radius 3 is 2.16 bits per heavy atom. The molecule has 4 aromatic carbocycles. The van der Waals surface area contributed by atoms with Crippen molar-refractivity contribution in [3.8, 4) is 11.1 Å². The highest BCUT2D eigenvalue weighted by molar-refractivity contribution is 7.26. The molecule has 5 aromatic rings.